The minimum absolute atomic E-state index is 0.138. The maximum absolute atomic E-state index is 9.27. The molecule has 1 atom stereocenters. The Morgan fingerprint density at radius 1 is 1.25 bits per heavy atom. The van der Waals surface area contributed by atoms with Gasteiger partial charge in [0.1, 0.15) is 5.92 Å². The zero-order valence-corrected chi connectivity index (χ0v) is 9.61. The number of benzene rings is 1. The molecule has 1 aromatic carbocycles. The highest BCUT2D eigenvalue weighted by molar-refractivity contribution is 5.93. The van der Waals surface area contributed by atoms with Crippen molar-refractivity contribution in [1.29, 1.82) is 5.26 Å². The van der Waals surface area contributed by atoms with Gasteiger partial charge in [0.15, 0.2) is 0 Å². The van der Waals surface area contributed by atoms with E-state index in [2.05, 4.69) is 30.1 Å². The van der Waals surface area contributed by atoms with Gasteiger partial charge < -0.3 is 0 Å². The minimum atomic E-state index is -0.138. The van der Waals surface area contributed by atoms with Crippen LogP contribution in [0, 0.1) is 18.3 Å². The summed E-state index contributed by atoms with van der Waals surface area (Å²) in [6.45, 7) is 2.95. The number of nitrogens with zero attached hydrogens (tertiary/aromatic N) is 2. The second kappa shape index (κ2) is 4.94. The second-order valence-electron chi connectivity index (χ2n) is 4.30. The van der Waals surface area contributed by atoms with Gasteiger partial charge in [-0.15, -0.1) is 0 Å². The molecule has 1 heterocycles. The fourth-order valence-electron chi connectivity index (χ4n) is 2.06. The summed E-state index contributed by atoms with van der Waals surface area (Å²) in [5, 5.41) is 9.27. The lowest BCUT2D eigenvalue weighted by atomic mass is 9.90. The van der Waals surface area contributed by atoms with Crippen LogP contribution in [0.2, 0.25) is 0 Å². The van der Waals surface area contributed by atoms with Crippen molar-refractivity contribution in [2.24, 2.45) is 4.99 Å². The van der Waals surface area contributed by atoms with E-state index in [1.165, 1.54) is 12.0 Å². The molecule has 0 N–H and O–H groups in total. The second-order valence-corrected chi connectivity index (χ2v) is 4.30. The van der Waals surface area contributed by atoms with Gasteiger partial charge in [-0.05, 0) is 31.7 Å². The highest BCUT2D eigenvalue weighted by Gasteiger charge is 2.18. The molecule has 0 amide bonds. The highest BCUT2D eigenvalue weighted by atomic mass is 14.8. The van der Waals surface area contributed by atoms with E-state index in [1.54, 1.807) is 0 Å². The van der Waals surface area contributed by atoms with Crippen molar-refractivity contribution in [3.05, 3.63) is 35.4 Å². The minimum Gasteiger partial charge on any atom is -0.292 e. The van der Waals surface area contributed by atoms with Gasteiger partial charge in [-0.25, -0.2) is 0 Å². The third kappa shape index (κ3) is 2.30. The Labute approximate surface area is 96.6 Å². The summed E-state index contributed by atoms with van der Waals surface area (Å²) in [7, 11) is 0. The van der Waals surface area contributed by atoms with E-state index in [-0.39, 0.29) is 5.92 Å². The zero-order valence-electron chi connectivity index (χ0n) is 9.61. The molecule has 2 rings (SSSR count). The van der Waals surface area contributed by atoms with Crippen molar-refractivity contribution in [2.75, 3.05) is 6.54 Å². The Morgan fingerprint density at radius 2 is 2.00 bits per heavy atom. The first kappa shape index (κ1) is 10.9. The molecule has 0 radical (unpaired) electrons. The van der Waals surface area contributed by atoms with Gasteiger partial charge in [0.25, 0.3) is 0 Å². The van der Waals surface area contributed by atoms with E-state index in [0.717, 1.165) is 30.7 Å². The van der Waals surface area contributed by atoms with Gasteiger partial charge in [-0.1, -0.05) is 29.8 Å². The maximum atomic E-state index is 9.27. The summed E-state index contributed by atoms with van der Waals surface area (Å²) in [5.41, 5.74) is 3.37. The molecule has 16 heavy (non-hydrogen) atoms. The van der Waals surface area contributed by atoms with E-state index in [4.69, 9.17) is 0 Å². The van der Waals surface area contributed by atoms with Crippen molar-refractivity contribution < 1.29 is 0 Å². The number of rotatable bonds is 2. The molecule has 82 valence electrons. The predicted octanol–water partition coefficient (Wildman–Crippen LogP) is 3.23. The number of hydrogen-bond donors (Lipinski definition) is 0. The molecule has 2 heteroatoms. The van der Waals surface area contributed by atoms with Gasteiger partial charge in [0, 0.05) is 12.3 Å². The summed E-state index contributed by atoms with van der Waals surface area (Å²) in [6, 6.07) is 10.6. The third-order valence-electron chi connectivity index (χ3n) is 3.03. The van der Waals surface area contributed by atoms with Crippen LogP contribution in [0.1, 0.15) is 36.3 Å². The molecule has 1 aliphatic heterocycles. The van der Waals surface area contributed by atoms with Crippen molar-refractivity contribution in [2.45, 2.75) is 32.1 Å². The molecule has 0 saturated carbocycles. The average molecular weight is 212 g/mol. The van der Waals surface area contributed by atoms with Gasteiger partial charge >= 0.3 is 0 Å². The van der Waals surface area contributed by atoms with Gasteiger partial charge in [-0.3, -0.25) is 4.99 Å². The molecule has 0 aliphatic carbocycles. The van der Waals surface area contributed by atoms with Crippen LogP contribution in [-0.2, 0) is 0 Å². The Kier molecular flexibility index (Phi) is 3.36. The standard InChI is InChI=1S/C14H16N2/c1-11-5-7-12(8-6-11)13(10-15)14-4-2-3-9-16-14/h5-8,13H,2-4,9H2,1H3. The monoisotopic (exact) mass is 212 g/mol. The third-order valence-corrected chi connectivity index (χ3v) is 3.03. The largest absolute Gasteiger partial charge is 0.292 e. The molecule has 2 nitrogen and oxygen atoms in total. The Morgan fingerprint density at radius 3 is 2.56 bits per heavy atom. The summed E-state index contributed by atoms with van der Waals surface area (Å²) >= 11 is 0. The number of aryl methyl sites for hydroxylation is 1. The van der Waals surface area contributed by atoms with E-state index in [1.807, 2.05) is 12.1 Å². The van der Waals surface area contributed by atoms with Crippen molar-refractivity contribution in [1.82, 2.24) is 0 Å². The van der Waals surface area contributed by atoms with Crippen LogP contribution in [0.25, 0.3) is 0 Å². The smallest absolute Gasteiger partial charge is 0.109 e. The summed E-state index contributed by atoms with van der Waals surface area (Å²) in [6.07, 6.45) is 3.31. The van der Waals surface area contributed by atoms with Crippen LogP contribution in [0.3, 0.4) is 0 Å². The first-order valence-electron chi connectivity index (χ1n) is 5.80. The summed E-state index contributed by atoms with van der Waals surface area (Å²) in [5.74, 6) is -0.138. The normalized spacial score (nSPS) is 17.4. The lowest BCUT2D eigenvalue weighted by Gasteiger charge is -2.16. The SMILES string of the molecule is Cc1ccc(C(C#N)C2=NCCCC2)cc1. The van der Waals surface area contributed by atoms with Crippen LogP contribution in [0.4, 0.5) is 0 Å². The number of hydrogen-bond acceptors (Lipinski definition) is 2. The first-order valence-corrected chi connectivity index (χ1v) is 5.80. The quantitative estimate of drug-likeness (QED) is 0.741. The molecular weight excluding hydrogens is 196 g/mol. The Balaban J connectivity index is 2.26. The molecule has 0 bridgehead atoms. The van der Waals surface area contributed by atoms with Crippen LogP contribution < -0.4 is 0 Å². The first-order chi connectivity index (χ1) is 7.81. The van der Waals surface area contributed by atoms with Gasteiger partial charge in [-0.2, -0.15) is 5.26 Å². The van der Waals surface area contributed by atoms with E-state index < -0.39 is 0 Å². The Hall–Kier alpha value is -1.62. The van der Waals surface area contributed by atoms with Crippen LogP contribution in [-0.4, -0.2) is 12.3 Å². The van der Waals surface area contributed by atoms with Crippen molar-refractivity contribution in [3.63, 3.8) is 0 Å². The highest BCUT2D eigenvalue weighted by Crippen LogP contribution is 2.22. The fourth-order valence-corrected chi connectivity index (χ4v) is 2.06. The van der Waals surface area contributed by atoms with Gasteiger partial charge in [0.2, 0.25) is 0 Å². The summed E-state index contributed by atoms with van der Waals surface area (Å²) in [4.78, 5) is 4.49. The maximum Gasteiger partial charge on any atom is 0.109 e. The molecule has 0 aromatic heterocycles. The van der Waals surface area contributed by atoms with E-state index >= 15 is 0 Å². The molecule has 1 aliphatic rings. The molecular formula is C14H16N2. The van der Waals surface area contributed by atoms with E-state index in [0.29, 0.717) is 0 Å². The van der Waals surface area contributed by atoms with Crippen LogP contribution in [0.15, 0.2) is 29.3 Å². The average Bonchev–Trinajstić information content (AvgIpc) is 2.34. The fraction of sp³-hybridized carbons (Fsp3) is 0.429. The van der Waals surface area contributed by atoms with Crippen LogP contribution >= 0.6 is 0 Å². The Bertz CT molecular complexity index is 423. The predicted molar refractivity (Wildman–Crippen MR) is 65.7 cm³/mol. The number of aliphatic imine (C=N–C) groups is 1. The number of nitriles is 1. The lowest BCUT2D eigenvalue weighted by molar-refractivity contribution is 0.724. The molecule has 1 aromatic rings. The molecule has 0 saturated heterocycles. The topological polar surface area (TPSA) is 36.1 Å². The molecule has 0 spiro atoms. The molecule has 0 fully saturated rings. The van der Waals surface area contributed by atoms with E-state index in [9.17, 15) is 5.26 Å². The van der Waals surface area contributed by atoms with Crippen LogP contribution in [0.5, 0.6) is 0 Å². The zero-order chi connectivity index (χ0) is 11.4. The summed E-state index contributed by atoms with van der Waals surface area (Å²) < 4.78 is 0. The van der Waals surface area contributed by atoms with Crippen molar-refractivity contribution in [3.8, 4) is 6.07 Å². The van der Waals surface area contributed by atoms with Crippen molar-refractivity contribution >= 4 is 5.71 Å². The lowest BCUT2D eigenvalue weighted by Crippen LogP contribution is -2.15. The molecule has 1 unspecified atom stereocenters. The van der Waals surface area contributed by atoms with Gasteiger partial charge in [0.05, 0.1) is 6.07 Å².